The number of aryl methyl sites for hydroxylation is 3. The molecule has 0 saturated carbocycles. The van der Waals surface area contributed by atoms with Gasteiger partial charge in [0.15, 0.2) is 0 Å². The smallest absolute Gasteiger partial charge is 0.410 e. The molecule has 4 aromatic rings. The summed E-state index contributed by atoms with van der Waals surface area (Å²) in [6.07, 6.45) is 5.36. The first-order valence-corrected chi connectivity index (χ1v) is 15.6. The van der Waals surface area contributed by atoms with Crippen molar-refractivity contribution in [2.45, 2.75) is 78.0 Å². The van der Waals surface area contributed by atoms with Crippen molar-refractivity contribution in [3.8, 4) is 22.9 Å². The van der Waals surface area contributed by atoms with Crippen LogP contribution in [0.3, 0.4) is 0 Å². The van der Waals surface area contributed by atoms with Crippen molar-refractivity contribution < 1.29 is 23.8 Å². The Balaban J connectivity index is 1.27. The molecule has 0 aliphatic carbocycles. The molecule has 238 valence electrons. The molecule has 0 spiro atoms. The predicted octanol–water partition coefficient (Wildman–Crippen LogP) is 5.73. The predicted molar refractivity (Wildman–Crippen MR) is 170 cm³/mol. The third-order valence-corrected chi connectivity index (χ3v) is 7.98. The number of carbonyl (C=O) groups is 2. The molecule has 1 N–H and O–H groups in total. The van der Waals surface area contributed by atoms with Crippen LogP contribution >= 0.6 is 0 Å². The number of rotatable bonds is 2. The van der Waals surface area contributed by atoms with Crippen LogP contribution in [0.15, 0.2) is 36.5 Å². The topological polar surface area (TPSA) is 126 Å². The van der Waals surface area contributed by atoms with Gasteiger partial charge >= 0.3 is 6.09 Å². The summed E-state index contributed by atoms with van der Waals surface area (Å²) >= 11 is 0. The largest absolute Gasteiger partial charge is 0.488 e. The van der Waals surface area contributed by atoms with Crippen molar-refractivity contribution in [1.29, 1.82) is 0 Å². The highest BCUT2D eigenvalue weighted by atomic mass is 16.6. The van der Waals surface area contributed by atoms with Crippen molar-refractivity contribution in [3.63, 3.8) is 0 Å². The van der Waals surface area contributed by atoms with Gasteiger partial charge in [0.25, 0.3) is 5.91 Å². The second kappa shape index (κ2) is 12.4. The lowest BCUT2D eigenvalue weighted by atomic mass is 10.1. The molecule has 2 aliphatic heterocycles. The number of hydrogen-bond donors (Lipinski definition) is 1. The van der Waals surface area contributed by atoms with Gasteiger partial charge in [-0.3, -0.25) is 15.1 Å². The highest BCUT2D eigenvalue weighted by molar-refractivity contribution is 6.05. The molecule has 1 saturated heterocycles. The van der Waals surface area contributed by atoms with E-state index in [0.29, 0.717) is 73.6 Å². The fourth-order valence-corrected chi connectivity index (χ4v) is 5.83. The minimum atomic E-state index is -0.532. The summed E-state index contributed by atoms with van der Waals surface area (Å²) in [6.45, 7) is 9.78. The number of likely N-dealkylation sites (tertiary alicyclic amines) is 1. The Hall–Kier alpha value is -4.61. The molecule has 45 heavy (non-hydrogen) atoms. The van der Waals surface area contributed by atoms with E-state index < -0.39 is 5.60 Å². The second-order valence-corrected chi connectivity index (χ2v) is 12.7. The van der Waals surface area contributed by atoms with Crippen LogP contribution in [-0.4, -0.2) is 72.6 Å². The molecule has 12 nitrogen and oxygen atoms in total. The highest BCUT2D eigenvalue weighted by Gasteiger charge is 2.29. The minimum absolute atomic E-state index is 0.0660. The number of amides is 2. The number of hydrogen-bond acceptors (Lipinski definition) is 8. The van der Waals surface area contributed by atoms with E-state index in [0.717, 1.165) is 35.9 Å². The van der Waals surface area contributed by atoms with Crippen molar-refractivity contribution in [3.05, 3.63) is 47.8 Å². The highest BCUT2D eigenvalue weighted by Crippen LogP contribution is 2.33. The molecule has 0 atom stereocenters. The van der Waals surface area contributed by atoms with Gasteiger partial charge in [-0.1, -0.05) is 6.07 Å². The monoisotopic (exact) mass is 615 g/mol. The number of piperidine rings is 1. The molecule has 5 heterocycles. The molecule has 3 aromatic heterocycles. The van der Waals surface area contributed by atoms with Crippen molar-refractivity contribution in [1.82, 2.24) is 29.2 Å². The normalized spacial score (nSPS) is 16.6. The van der Waals surface area contributed by atoms with Gasteiger partial charge in [-0.25, -0.2) is 14.5 Å². The zero-order valence-corrected chi connectivity index (χ0v) is 26.6. The van der Waals surface area contributed by atoms with Gasteiger partial charge in [0.2, 0.25) is 11.8 Å². The van der Waals surface area contributed by atoms with Crippen molar-refractivity contribution in [2.75, 3.05) is 25.0 Å². The summed E-state index contributed by atoms with van der Waals surface area (Å²) in [5.41, 5.74) is 3.59. The Morgan fingerprint density at radius 1 is 1.07 bits per heavy atom. The summed E-state index contributed by atoms with van der Waals surface area (Å²) < 4.78 is 22.0. The van der Waals surface area contributed by atoms with E-state index in [9.17, 15) is 9.59 Å². The van der Waals surface area contributed by atoms with Crippen LogP contribution < -0.4 is 14.8 Å². The number of fused-ring (bicyclic) bond motifs is 7. The molecule has 2 amide bonds. The maximum Gasteiger partial charge on any atom is 0.410 e. The van der Waals surface area contributed by atoms with Crippen LogP contribution in [0.2, 0.25) is 0 Å². The van der Waals surface area contributed by atoms with Crippen LogP contribution in [0.4, 0.5) is 10.7 Å². The van der Waals surface area contributed by atoms with E-state index in [2.05, 4.69) is 15.4 Å². The first-order valence-electron chi connectivity index (χ1n) is 15.6. The first kappa shape index (κ1) is 30.4. The van der Waals surface area contributed by atoms with Crippen LogP contribution in [0.1, 0.15) is 68.9 Å². The van der Waals surface area contributed by atoms with Crippen LogP contribution in [-0.2, 0) is 18.3 Å². The Labute approximate surface area is 262 Å². The summed E-state index contributed by atoms with van der Waals surface area (Å²) in [5.74, 6) is 1.53. The number of nitrogens with zero attached hydrogens (tertiary/aromatic N) is 6. The van der Waals surface area contributed by atoms with Gasteiger partial charge in [0, 0.05) is 50.8 Å². The molecular formula is C33H41N7O5. The molecule has 0 unspecified atom stereocenters. The van der Waals surface area contributed by atoms with E-state index in [-0.39, 0.29) is 18.1 Å². The quantitative estimate of drug-likeness (QED) is 0.303. The maximum absolute atomic E-state index is 13.7. The number of pyridine rings is 1. The van der Waals surface area contributed by atoms with Gasteiger partial charge in [0.1, 0.15) is 23.0 Å². The van der Waals surface area contributed by atoms with Crippen LogP contribution in [0.25, 0.3) is 22.3 Å². The fraction of sp³-hybridized carbons (Fsp3) is 0.485. The maximum atomic E-state index is 13.7. The van der Waals surface area contributed by atoms with Crippen LogP contribution in [0, 0.1) is 6.92 Å². The number of anilines is 1. The lowest BCUT2D eigenvalue weighted by molar-refractivity contribution is 0.0127. The summed E-state index contributed by atoms with van der Waals surface area (Å²) in [5, 5.41) is 7.45. The third-order valence-electron chi connectivity index (χ3n) is 7.98. The zero-order valence-electron chi connectivity index (χ0n) is 26.6. The Bertz CT molecular complexity index is 1710. The number of carbonyl (C=O) groups excluding carboxylic acids is 2. The molecule has 12 heteroatoms. The van der Waals surface area contributed by atoms with Gasteiger partial charge in [0.05, 0.1) is 29.6 Å². The molecule has 2 bridgehead atoms. The Morgan fingerprint density at radius 2 is 1.87 bits per heavy atom. The average molecular weight is 616 g/mol. The third kappa shape index (κ3) is 6.74. The van der Waals surface area contributed by atoms with Crippen molar-refractivity contribution in [2.24, 2.45) is 7.05 Å². The molecule has 2 aliphatic rings. The number of para-hydroxylation sites is 1. The van der Waals surface area contributed by atoms with Crippen molar-refractivity contribution >= 4 is 29.0 Å². The molecular weight excluding hydrogens is 574 g/mol. The Morgan fingerprint density at radius 3 is 2.64 bits per heavy atom. The van der Waals surface area contributed by atoms with Gasteiger partial charge < -0.3 is 23.7 Å². The van der Waals surface area contributed by atoms with Gasteiger partial charge in [-0.15, -0.1) is 0 Å². The SMILES string of the molecule is Cc1cc2cc(n1)-c1cnn(C)c1OCCCCCn1c(nc3cccc(OC4CCN(C(=O)OC(C)(C)C)CC4)c31)NC2=O. The van der Waals surface area contributed by atoms with Crippen LogP contribution in [0.5, 0.6) is 11.6 Å². The van der Waals surface area contributed by atoms with E-state index in [1.54, 1.807) is 27.9 Å². The van der Waals surface area contributed by atoms with Gasteiger partial charge in [-0.05, 0) is 71.2 Å². The first-order chi connectivity index (χ1) is 21.6. The molecule has 0 radical (unpaired) electrons. The molecule has 1 fully saturated rings. The minimum Gasteiger partial charge on any atom is -0.488 e. The summed E-state index contributed by atoms with van der Waals surface area (Å²) in [6, 6.07) is 9.33. The number of benzene rings is 1. The number of aromatic nitrogens is 5. The summed E-state index contributed by atoms with van der Waals surface area (Å²) in [4.78, 5) is 37.5. The average Bonchev–Trinajstić information content (AvgIpc) is 3.53. The van der Waals surface area contributed by atoms with E-state index in [1.165, 1.54) is 0 Å². The van der Waals surface area contributed by atoms with E-state index in [1.807, 2.05) is 57.5 Å². The lowest BCUT2D eigenvalue weighted by Gasteiger charge is -2.33. The number of ether oxygens (including phenoxy) is 3. The number of imidazole rings is 1. The number of nitrogens with one attached hydrogen (secondary N) is 1. The second-order valence-electron chi connectivity index (χ2n) is 12.7. The standard InChI is InChI=1S/C33H41N7O5/c1-21-18-22-19-26(35-21)24-20-34-38(5)30(24)43-17-8-6-7-14-40-28-25(36-31(40)37-29(22)41)10-9-11-27(28)44-23-12-15-39(16-13-23)32(42)45-33(2,3)4/h9-11,18-20,23H,6-8,12-17H2,1-5H3,(H,36,37,41). The van der Waals surface area contributed by atoms with E-state index in [4.69, 9.17) is 19.2 Å². The zero-order chi connectivity index (χ0) is 31.7. The Kier molecular flexibility index (Phi) is 8.39. The fourth-order valence-electron chi connectivity index (χ4n) is 5.83. The molecule has 6 rings (SSSR count). The summed E-state index contributed by atoms with van der Waals surface area (Å²) in [7, 11) is 1.84. The molecule has 1 aromatic carbocycles. The lowest BCUT2D eigenvalue weighted by Crippen LogP contribution is -2.44. The van der Waals surface area contributed by atoms with Gasteiger partial charge in [-0.2, -0.15) is 5.10 Å². The van der Waals surface area contributed by atoms with E-state index >= 15 is 0 Å².